The SMILES string of the molecule is CCN(CC(F)F)[C@@H](C)CNC. The number of alkyl halides is 2. The zero-order valence-corrected chi connectivity index (χ0v) is 7.98. The first kappa shape index (κ1) is 11.8. The summed E-state index contributed by atoms with van der Waals surface area (Å²) in [6, 6.07) is 0.175. The van der Waals surface area contributed by atoms with E-state index in [1.165, 1.54) is 0 Å². The van der Waals surface area contributed by atoms with Gasteiger partial charge in [-0.2, -0.15) is 0 Å². The average Bonchev–Trinajstić information content (AvgIpc) is 2.00. The van der Waals surface area contributed by atoms with Gasteiger partial charge >= 0.3 is 0 Å². The molecule has 1 atom stereocenters. The highest BCUT2D eigenvalue weighted by Crippen LogP contribution is 2.02. The summed E-state index contributed by atoms with van der Waals surface area (Å²) in [5, 5.41) is 2.97. The van der Waals surface area contributed by atoms with Gasteiger partial charge in [0.1, 0.15) is 0 Å². The monoisotopic (exact) mass is 180 g/mol. The number of halogens is 2. The Hall–Kier alpha value is -0.220. The van der Waals surface area contributed by atoms with Gasteiger partial charge in [-0.3, -0.25) is 4.90 Å². The van der Waals surface area contributed by atoms with Crippen LogP contribution in [0.4, 0.5) is 8.78 Å². The molecule has 74 valence electrons. The van der Waals surface area contributed by atoms with Crippen molar-refractivity contribution in [2.24, 2.45) is 0 Å². The van der Waals surface area contributed by atoms with E-state index in [9.17, 15) is 8.78 Å². The summed E-state index contributed by atoms with van der Waals surface area (Å²) in [7, 11) is 1.83. The minimum absolute atomic E-state index is 0.126. The third kappa shape index (κ3) is 4.62. The van der Waals surface area contributed by atoms with Gasteiger partial charge in [0.05, 0.1) is 6.54 Å². The van der Waals surface area contributed by atoms with Gasteiger partial charge in [-0.1, -0.05) is 6.92 Å². The number of likely N-dealkylation sites (N-methyl/N-ethyl adjacent to an activating group) is 2. The predicted octanol–water partition coefficient (Wildman–Crippen LogP) is 1.18. The molecule has 0 aromatic carbocycles. The molecule has 0 aliphatic heterocycles. The lowest BCUT2D eigenvalue weighted by atomic mass is 10.3. The standard InChI is InChI=1S/C8H18F2N2/c1-4-12(6-8(9)10)7(2)5-11-3/h7-8,11H,4-6H2,1-3H3/t7-/m0/s1. The smallest absolute Gasteiger partial charge is 0.251 e. The fraction of sp³-hybridized carbons (Fsp3) is 1.00. The molecule has 0 rings (SSSR count). The largest absolute Gasteiger partial charge is 0.318 e. The van der Waals surface area contributed by atoms with Gasteiger partial charge < -0.3 is 5.32 Å². The minimum atomic E-state index is -2.23. The van der Waals surface area contributed by atoms with Crippen LogP contribution in [0.1, 0.15) is 13.8 Å². The van der Waals surface area contributed by atoms with Gasteiger partial charge in [-0.25, -0.2) is 8.78 Å². The van der Waals surface area contributed by atoms with Crippen LogP contribution in [-0.4, -0.2) is 44.0 Å². The van der Waals surface area contributed by atoms with E-state index >= 15 is 0 Å². The summed E-state index contributed by atoms with van der Waals surface area (Å²) < 4.78 is 24.0. The Kier molecular flexibility index (Phi) is 6.20. The van der Waals surface area contributed by atoms with Crippen LogP contribution < -0.4 is 5.32 Å². The van der Waals surface area contributed by atoms with Crippen molar-refractivity contribution in [3.8, 4) is 0 Å². The lowest BCUT2D eigenvalue weighted by molar-refractivity contribution is 0.0727. The maximum Gasteiger partial charge on any atom is 0.251 e. The molecule has 0 aliphatic carbocycles. The molecule has 0 bridgehead atoms. The van der Waals surface area contributed by atoms with Gasteiger partial charge in [0.15, 0.2) is 0 Å². The highest BCUT2D eigenvalue weighted by atomic mass is 19.3. The van der Waals surface area contributed by atoms with Gasteiger partial charge in [-0.05, 0) is 20.5 Å². The Balaban J connectivity index is 3.78. The predicted molar refractivity (Wildman–Crippen MR) is 46.6 cm³/mol. The zero-order chi connectivity index (χ0) is 9.56. The second-order valence-corrected chi connectivity index (χ2v) is 2.89. The van der Waals surface area contributed by atoms with Crippen LogP contribution in [0, 0.1) is 0 Å². The molecule has 0 fully saturated rings. The van der Waals surface area contributed by atoms with E-state index in [0.717, 1.165) is 6.54 Å². The Morgan fingerprint density at radius 2 is 2.00 bits per heavy atom. The molecule has 0 radical (unpaired) electrons. The molecular weight excluding hydrogens is 162 g/mol. The number of nitrogens with one attached hydrogen (secondary N) is 1. The van der Waals surface area contributed by atoms with Crippen LogP contribution in [0.5, 0.6) is 0 Å². The molecule has 4 heteroatoms. The summed E-state index contributed by atoms with van der Waals surface area (Å²) in [6.45, 7) is 5.14. The van der Waals surface area contributed by atoms with Crippen molar-refractivity contribution < 1.29 is 8.78 Å². The van der Waals surface area contributed by atoms with Crippen molar-refractivity contribution in [2.45, 2.75) is 26.3 Å². The summed E-state index contributed by atoms with van der Waals surface area (Å²) >= 11 is 0. The van der Waals surface area contributed by atoms with Crippen molar-refractivity contribution in [3.63, 3.8) is 0 Å². The first-order valence-electron chi connectivity index (χ1n) is 4.28. The maximum atomic E-state index is 12.0. The highest BCUT2D eigenvalue weighted by molar-refractivity contribution is 4.68. The lowest BCUT2D eigenvalue weighted by Crippen LogP contribution is -2.41. The molecule has 0 aromatic heterocycles. The number of nitrogens with zero attached hydrogens (tertiary/aromatic N) is 1. The van der Waals surface area contributed by atoms with Crippen molar-refractivity contribution in [1.29, 1.82) is 0 Å². The molecule has 0 saturated heterocycles. The van der Waals surface area contributed by atoms with Crippen molar-refractivity contribution in [1.82, 2.24) is 10.2 Å². The van der Waals surface area contributed by atoms with Crippen molar-refractivity contribution in [3.05, 3.63) is 0 Å². The molecule has 0 amide bonds. The van der Waals surface area contributed by atoms with Crippen LogP contribution in [-0.2, 0) is 0 Å². The molecule has 0 spiro atoms. The van der Waals surface area contributed by atoms with Gasteiger partial charge in [0.25, 0.3) is 6.43 Å². The zero-order valence-electron chi connectivity index (χ0n) is 7.98. The van der Waals surface area contributed by atoms with Gasteiger partial charge in [0.2, 0.25) is 0 Å². The van der Waals surface area contributed by atoms with E-state index in [2.05, 4.69) is 5.32 Å². The van der Waals surface area contributed by atoms with Crippen LogP contribution >= 0.6 is 0 Å². The van der Waals surface area contributed by atoms with E-state index in [1.54, 1.807) is 4.90 Å². The number of hydrogen-bond acceptors (Lipinski definition) is 2. The summed E-state index contributed by atoms with van der Waals surface area (Å²) in [5.74, 6) is 0. The maximum absolute atomic E-state index is 12.0. The van der Waals surface area contributed by atoms with E-state index < -0.39 is 6.43 Å². The van der Waals surface area contributed by atoms with E-state index in [0.29, 0.717) is 6.54 Å². The Labute approximate surface area is 72.9 Å². The molecule has 0 aliphatic rings. The third-order valence-electron chi connectivity index (χ3n) is 1.90. The Morgan fingerprint density at radius 3 is 2.33 bits per heavy atom. The Bertz CT molecular complexity index is 109. The number of hydrogen-bond donors (Lipinski definition) is 1. The lowest BCUT2D eigenvalue weighted by Gasteiger charge is -2.26. The van der Waals surface area contributed by atoms with Gasteiger partial charge in [0, 0.05) is 12.6 Å². The fourth-order valence-electron chi connectivity index (χ4n) is 1.22. The second kappa shape index (κ2) is 6.31. The molecular formula is C8H18F2N2. The third-order valence-corrected chi connectivity index (χ3v) is 1.90. The first-order chi connectivity index (χ1) is 5.61. The van der Waals surface area contributed by atoms with Crippen LogP contribution in [0.25, 0.3) is 0 Å². The molecule has 1 N–H and O–H groups in total. The van der Waals surface area contributed by atoms with Crippen LogP contribution in [0.15, 0.2) is 0 Å². The van der Waals surface area contributed by atoms with E-state index in [-0.39, 0.29) is 12.6 Å². The summed E-state index contributed by atoms with van der Waals surface area (Å²) in [4.78, 5) is 1.77. The first-order valence-corrected chi connectivity index (χ1v) is 4.28. The van der Waals surface area contributed by atoms with Crippen molar-refractivity contribution in [2.75, 3.05) is 26.7 Å². The topological polar surface area (TPSA) is 15.3 Å². The summed E-state index contributed by atoms with van der Waals surface area (Å²) in [5.41, 5.74) is 0. The van der Waals surface area contributed by atoms with E-state index in [1.807, 2.05) is 20.9 Å². The molecule has 0 saturated carbocycles. The van der Waals surface area contributed by atoms with Crippen LogP contribution in [0.2, 0.25) is 0 Å². The fourth-order valence-corrected chi connectivity index (χ4v) is 1.22. The molecule has 0 heterocycles. The van der Waals surface area contributed by atoms with Gasteiger partial charge in [-0.15, -0.1) is 0 Å². The highest BCUT2D eigenvalue weighted by Gasteiger charge is 2.15. The molecule has 12 heavy (non-hydrogen) atoms. The quantitative estimate of drug-likeness (QED) is 0.660. The normalized spacial score (nSPS) is 14.2. The van der Waals surface area contributed by atoms with E-state index in [4.69, 9.17) is 0 Å². The molecule has 0 aromatic rings. The molecule has 0 unspecified atom stereocenters. The number of rotatable bonds is 6. The second-order valence-electron chi connectivity index (χ2n) is 2.89. The minimum Gasteiger partial charge on any atom is -0.318 e. The van der Waals surface area contributed by atoms with Crippen molar-refractivity contribution >= 4 is 0 Å². The van der Waals surface area contributed by atoms with Crippen LogP contribution in [0.3, 0.4) is 0 Å². The summed E-state index contributed by atoms with van der Waals surface area (Å²) in [6.07, 6.45) is -2.23. The molecule has 2 nitrogen and oxygen atoms in total. The average molecular weight is 180 g/mol. The Morgan fingerprint density at radius 1 is 1.42 bits per heavy atom.